The lowest BCUT2D eigenvalue weighted by Crippen LogP contribution is -2.17. The SMILES string of the molecule is CCC(CCN(C)C)C1=CCC=CC=C1. The van der Waals surface area contributed by atoms with Crippen LogP contribution in [0.3, 0.4) is 0 Å². The molecule has 1 aliphatic carbocycles. The van der Waals surface area contributed by atoms with Crippen LogP contribution in [0.4, 0.5) is 0 Å². The Morgan fingerprint density at radius 2 is 2.13 bits per heavy atom. The zero-order valence-electron chi connectivity index (χ0n) is 10.2. The Balaban J connectivity index is 2.53. The van der Waals surface area contributed by atoms with Gasteiger partial charge in [0.15, 0.2) is 0 Å². The first-order chi connectivity index (χ1) is 7.24. The summed E-state index contributed by atoms with van der Waals surface area (Å²) >= 11 is 0. The van der Waals surface area contributed by atoms with Gasteiger partial charge >= 0.3 is 0 Å². The molecule has 15 heavy (non-hydrogen) atoms. The van der Waals surface area contributed by atoms with Crippen molar-refractivity contribution in [1.29, 1.82) is 0 Å². The quantitative estimate of drug-likeness (QED) is 0.665. The molecule has 0 fully saturated rings. The molecule has 0 N–H and O–H groups in total. The molecule has 0 radical (unpaired) electrons. The van der Waals surface area contributed by atoms with Crippen LogP contribution >= 0.6 is 0 Å². The lowest BCUT2D eigenvalue weighted by Gasteiger charge is -2.18. The Labute approximate surface area is 94.2 Å². The minimum Gasteiger partial charge on any atom is -0.309 e. The van der Waals surface area contributed by atoms with Gasteiger partial charge in [-0.2, -0.15) is 0 Å². The number of nitrogens with zero attached hydrogens (tertiary/aromatic N) is 1. The molecule has 0 saturated carbocycles. The van der Waals surface area contributed by atoms with Crippen LogP contribution in [0.15, 0.2) is 36.0 Å². The van der Waals surface area contributed by atoms with Crippen LogP contribution in [0.2, 0.25) is 0 Å². The maximum absolute atomic E-state index is 2.36. The highest BCUT2D eigenvalue weighted by molar-refractivity contribution is 5.28. The van der Waals surface area contributed by atoms with Gasteiger partial charge in [-0.15, -0.1) is 0 Å². The Morgan fingerprint density at radius 3 is 2.80 bits per heavy atom. The Kier molecular flexibility index (Phi) is 5.41. The number of hydrogen-bond acceptors (Lipinski definition) is 1. The van der Waals surface area contributed by atoms with Gasteiger partial charge in [0.2, 0.25) is 0 Å². The average molecular weight is 205 g/mol. The first-order valence-electron chi connectivity index (χ1n) is 5.92. The van der Waals surface area contributed by atoms with E-state index in [1.165, 1.54) is 25.0 Å². The fraction of sp³-hybridized carbons (Fsp3) is 0.571. The average Bonchev–Trinajstić information content (AvgIpc) is 2.47. The van der Waals surface area contributed by atoms with Gasteiger partial charge in [0, 0.05) is 0 Å². The van der Waals surface area contributed by atoms with Gasteiger partial charge in [0.25, 0.3) is 0 Å². The maximum Gasteiger partial charge on any atom is -0.00190 e. The molecule has 0 aliphatic heterocycles. The molecule has 0 amide bonds. The fourth-order valence-corrected chi connectivity index (χ4v) is 1.92. The molecule has 1 nitrogen and oxygen atoms in total. The monoisotopic (exact) mass is 205 g/mol. The van der Waals surface area contributed by atoms with E-state index in [1.807, 2.05) is 0 Å². The molecule has 84 valence electrons. The predicted octanol–water partition coefficient (Wildman–Crippen LogP) is 3.41. The van der Waals surface area contributed by atoms with Crippen molar-refractivity contribution in [3.63, 3.8) is 0 Å². The highest BCUT2D eigenvalue weighted by Crippen LogP contribution is 2.22. The molecule has 0 aromatic rings. The Hall–Kier alpha value is -0.820. The van der Waals surface area contributed by atoms with E-state index in [2.05, 4.69) is 56.3 Å². The summed E-state index contributed by atoms with van der Waals surface area (Å²) in [4.78, 5) is 2.27. The van der Waals surface area contributed by atoms with Gasteiger partial charge < -0.3 is 4.90 Å². The zero-order valence-corrected chi connectivity index (χ0v) is 10.2. The van der Waals surface area contributed by atoms with E-state index < -0.39 is 0 Å². The van der Waals surface area contributed by atoms with E-state index in [1.54, 1.807) is 0 Å². The van der Waals surface area contributed by atoms with E-state index in [0.717, 1.165) is 12.3 Å². The molecule has 0 bridgehead atoms. The zero-order chi connectivity index (χ0) is 11.1. The Morgan fingerprint density at radius 1 is 1.33 bits per heavy atom. The summed E-state index contributed by atoms with van der Waals surface area (Å²) in [6, 6.07) is 0. The van der Waals surface area contributed by atoms with E-state index in [9.17, 15) is 0 Å². The summed E-state index contributed by atoms with van der Waals surface area (Å²) < 4.78 is 0. The van der Waals surface area contributed by atoms with Crippen molar-refractivity contribution in [3.8, 4) is 0 Å². The summed E-state index contributed by atoms with van der Waals surface area (Å²) in [6.07, 6.45) is 14.7. The van der Waals surface area contributed by atoms with Crippen LogP contribution in [0, 0.1) is 5.92 Å². The normalized spacial score (nSPS) is 17.7. The maximum atomic E-state index is 2.36. The molecule has 1 aliphatic rings. The molecular formula is C14H23N. The lowest BCUT2D eigenvalue weighted by molar-refractivity contribution is 0.365. The first kappa shape index (κ1) is 12.3. The van der Waals surface area contributed by atoms with Crippen molar-refractivity contribution in [2.75, 3.05) is 20.6 Å². The number of allylic oxidation sites excluding steroid dienone is 6. The lowest BCUT2D eigenvalue weighted by atomic mass is 9.92. The number of rotatable bonds is 5. The first-order valence-corrected chi connectivity index (χ1v) is 5.92. The molecule has 1 heteroatoms. The second kappa shape index (κ2) is 6.62. The second-order valence-corrected chi connectivity index (χ2v) is 4.42. The standard InChI is InChI=1S/C14H23N/c1-4-13(11-12-15(2)3)14-9-7-5-6-8-10-14/h5-7,9-10,13H,4,8,11-12H2,1-3H3. The predicted molar refractivity (Wildman–Crippen MR) is 67.9 cm³/mol. The van der Waals surface area contributed by atoms with Crippen molar-refractivity contribution in [2.45, 2.75) is 26.2 Å². The Bertz CT molecular complexity index is 259. The molecule has 1 unspecified atom stereocenters. The van der Waals surface area contributed by atoms with E-state index >= 15 is 0 Å². The highest BCUT2D eigenvalue weighted by atomic mass is 15.0. The smallest absolute Gasteiger partial charge is 0.00190 e. The number of hydrogen-bond donors (Lipinski definition) is 0. The molecule has 0 aromatic heterocycles. The van der Waals surface area contributed by atoms with Gasteiger partial charge in [-0.05, 0) is 51.4 Å². The van der Waals surface area contributed by atoms with Gasteiger partial charge in [0.05, 0.1) is 0 Å². The van der Waals surface area contributed by atoms with Crippen molar-refractivity contribution in [3.05, 3.63) is 36.0 Å². The summed E-state index contributed by atoms with van der Waals surface area (Å²) in [5.74, 6) is 0.726. The van der Waals surface area contributed by atoms with E-state index in [0.29, 0.717) is 0 Å². The van der Waals surface area contributed by atoms with Gasteiger partial charge in [-0.25, -0.2) is 0 Å². The van der Waals surface area contributed by atoms with Crippen molar-refractivity contribution < 1.29 is 0 Å². The van der Waals surface area contributed by atoms with E-state index in [4.69, 9.17) is 0 Å². The minimum atomic E-state index is 0.726. The third-order valence-corrected chi connectivity index (χ3v) is 2.91. The highest BCUT2D eigenvalue weighted by Gasteiger charge is 2.10. The van der Waals surface area contributed by atoms with Crippen LogP contribution in [0.25, 0.3) is 0 Å². The molecule has 0 saturated heterocycles. The molecular weight excluding hydrogens is 182 g/mol. The molecule has 1 atom stereocenters. The summed E-state index contributed by atoms with van der Waals surface area (Å²) in [7, 11) is 4.29. The van der Waals surface area contributed by atoms with E-state index in [-0.39, 0.29) is 0 Å². The van der Waals surface area contributed by atoms with Crippen LogP contribution in [-0.2, 0) is 0 Å². The van der Waals surface area contributed by atoms with Crippen LogP contribution in [0.5, 0.6) is 0 Å². The fourth-order valence-electron chi connectivity index (χ4n) is 1.92. The van der Waals surface area contributed by atoms with Gasteiger partial charge in [-0.1, -0.05) is 37.3 Å². The van der Waals surface area contributed by atoms with Gasteiger partial charge in [0.1, 0.15) is 0 Å². The van der Waals surface area contributed by atoms with Crippen molar-refractivity contribution in [2.24, 2.45) is 5.92 Å². The van der Waals surface area contributed by atoms with Gasteiger partial charge in [-0.3, -0.25) is 0 Å². The second-order valence-electron chi connectivity index (χ2n) is 4.42. The van der Waals surface area contributed by atoms with Crippen molar-refractivity contribution in [1.82, 2.24) is 4.90 Å². The van der Waals surface area contributed by atoms with Crippen LogP contribution in [0.1, 0.15) is 26.2 Å². The minimum absolute atomic E-state index is 0.726. The summed E-state index contributed by atoms with van der Waals surface area (Å²) in [5, 5.41) is 0. The summed E-state index contributed by atoms with van der Waals surface area (Å²) in [6.45, 7) is 3.46. The molecule has 1 rings (SSSR count). The summed E-state index contributed by atoms with van der Waals surface area (Å²) in [5.41, 5.74) is 1.52. The topological polar surface area (TPSA) is 3.24 Å². The third kappa shape index (κ3) is 4.48. The van der Waals surface area contributed by atoms with Crippen LogP contribution < -0.4 is 0 Å². The molecule has 0 spiro atoms. The molecule has 0 heterocycles. The van der Waals surface area contributed by atoms with Crippen LogP contribution in [-0.4, -0.2) is 25.5 Å². The largest absolute Gasteiger partial charge is 0.309 e. The molecule has 0 aromatic carbocycles. The third-order valence-electron chi connectivity index (χ3n) is 2.91. The van der Waals surface area contributed by atoms with Crippen molar-refractivity contribution >= 4 is 0 Å².